The molecule has 1 aliphatic rings. The van der Waals surface area contributed by atoms with Crippen LogP contribution in [0.3, 0.4) is 0 Å². The summed E-state index contributed by atoms with van der Waals surface area (Å²) in [5.74, 6) is 6.51. The Kier molecular flexibility index (Phi) is 5.07. The van der Waals surface area contributed by atoms with Crippen molar-refractivity contribution < 1.29 is 4.79 Å². The number of benzene rings is 2. The summed E-state index contributed by atoms with van der Waals surface area (Å²) in [7, 11) is 0. The van der Waals surface area contributed by atoms with E-state index in [1.54, 1.807) is 4.57 Å². The van der Waals surface area contributed by atoms with Crippen molar-refractivity contribution in [2.75, 3.05) is 0 Å². The average molecular weight is 354 g/mol. The number of aromatic nitrogens is 1. The van der Waals surface area contributed by atoms with Crippen molar-refractivity contribution in [3.05, 3.63) is 83.6 Å². The van der Waals surface area contributed by atoms with Crippen LogP contribution in [0.4, 0.5) is 4.79 Å². The van der Waals surface area contributed by atoms with E-state index in [0.717, 1.165) is 35.0 Å². The van der Waals surface area contributed by atoms with Crippen LogP contribution >= 0.6 is 0 Å². The van der Waals surface area contributed by atoms with Crippen molar-refractivity contribution in [2.24, 2.45) is 0 Å². The van der Waals surface area contributed by atoms with Gasteiger partial charge in [-0.05, 0) is 54.9 Å². The lowest BCUT2D eigenvalue weighted by atomic mass is 10.00. The zero-order valence-electron chi connectivity index (χ0n) is 15.2. The molecule has 0 unspecified atom stereocenters. The highest BCUT2D eigenvalue weighted by atomic mass is 16.2. The van der Waals surface area contributed by atoms with Gasteiger partial charge in [0.25, 0.3) is 0 Å². The second kappa shape index (κ2) is 7.97. The summed E-state index contributed by atoms with van der Waals surface area (Å²) in [6, 6.07) is 19.7. The molecule has 2 aromatic carbocycles. The van der Waals surface area contributed by atoms with E-state index in [0.29, 0.717) is 6.54 Å². The quantitative estimate of drug-likeness (QED) is 0.627. The van der Waals surface area contributed by atoms with Crippen LogP contribution < -0.4 is 5.32 Å². The van der Waals surface area contributed by atoms with Crippen molar-refractivity contribution in [2.45, 2.75) is 32.2 Å². The van der Waals surface area contributed by atoms with Crippen LogP contribution in [0.2, 0.25) is 0 Å². The van der Waals surface area contributed by atoms with Crippen molar-refractivity contribution in [3.63, 3.8) is 0 Å². The van der Waals surface area contributed by atoms with E-state index in [1.165, 1.54) is 18.4 Å². The molecule has 1 heterocycles. The number of carbonyl (C=O) groups is 1. The molecule has 27 heavy (non-hydrogen) atoms. The van der Waals surface area contributed by atoms with Crippen LogP contribution in [0.5, 0.6) is 0 Å². The second-order valence-electron chi connectivity index (χ2n) is 6.79. The summed E-state index contributed by atoms with van der Waals surface area (Å²) >= 11 is 0. The largest absolute Gasteiger partial charge is 0.333 e. The fourth-order valence-electron chi connectivity index (χ4n) is 3.41. The standard InChI is InChI=1S/C24H22N2O/c27-24(25-18-20-11-5-2-6-12-20)26-22(16-15-19-9-3-1-4-10-19)17-21-13-7-8-14-23(21)26/h2,5-9,11-14,17H,1,3-4,10,18H2,(H,25,27). The van der Waals surface area contributed by atoms with Crippen LogP contribution in [-0.4, -0.2) is 10.6 Å². The van der Waals surface area contributed by atoms with Crippen LogP contribution in [-0.2, 0) is 6.54 Å². The van der Waals surface area contributed by atoms with E-state index in [9.17, 15) is 4.79 Å². The Morgan fingerprint density at radius 1 is 1.00 bits per heavy atom. The molecule has 134 valence electrons. The smallest absolute Gasteiger partial charge is 0.327 e. The molecule has 1 N–H and O–H groups in total. The molecule has 4 rings (SSSR count). The monoisotopic (exact) mass is 354 g/mol. The average Bonchev–Trinajstić information content (AvgIpc) is 3.10. The molecule has 0 radical (unpaired) electrons. The number of nitrogens with zero attached hydrogens (tertiary/aromatic N) is 1. The number of hydrogen-bond acceptors (Lipinski definition) is 1. The Morgan fingerprint density at radius 2 is 1.81 bits per heavy atom. The first-order chi connectivity index (χ1) is 13.3. The van der Waals surface area contributed by atoms with Gasteiger partial charge < -0.3 is 5.32 Å². The number of nitrogens with one attached hydrogen (secondary N) is 1. The molecule has 0 saturated carbocycles. The van der Waals surface area contributed by atoms with Gasteiger partial charge >= 0.3 is 6.03 Å². The topological polar surface area (TPSA) is 34.0 Å². The lowest BCUT2D eigenvalue weighted by molar-refractivity contribution is 0.242. The minimum absolute atomic E-state index is 0.151. The number of amides is 1. The molecule has 3 nitrogen and oxygen atoms in total. The van der Waals surface area contributed by atoms with Gasteiger partial charge in [-0.3, -0.25) is 4.57 Å². The van der Waals surface area contributed by atoms with Gasteiger partial charge in [-0.2, -0.15) is 0 Å². The first-order valence-electron chi connectivity index (χ1n) is 9.45. The predicted octanol–water partition coefficient (Wildman–Crippen LogP) is 5.25. The number of fused-ring (bicyclic) bond motifs is 1. The number of hydrogen-bond donors (Lipinski definition) is 1. The van der Waals surface area contributed by atoms with Gasteiger partial charge in [-0.15, -0.1) is 0 Å². The molecular formula is C24H22N2O. The van der Waals surface area contributed by atoms with Gasteiger partial charge in [-0.25, -0.2) is 4.79 Å². The van der Waals surface area contributed by atoms with Crippen molar-refractivity contribution >= 4 is 16.9 Å². The van der Waals surface area contributed by atoms with Crippen LogP contribution in [0.1, 0.15) is 36.9 Å². The van der Waals surface area contributed by atoms with E-state index < -0.39 is 0 Å². The molecule has 0 atom stereocenters. The summed E-state index contributed by atoms with van der Waals surface area (Å²) in [4.78, 5) is 12.9. The Labute approximate surface area is 159 Å². The molecule has 0 bridgehead atoms. The first kappa shape index (κ1) is 17.2. The molecule has 0 fully saturated rings. The Morgan fingerprint density at radius 3 is 2.63 bits per heavy atom. The SMILES string of the molecule is O=C(NCc1ccccc1)n1c(C#CC2=CCCCC2)cc2ccccc21. The molecule has 1 aromatic heterocycles. The first-order valence-corrected chi connectivity index (χ1v) is 9.45. The summed E-state index contributed by atoms with van der Waals surface area (Å²) in [6.07, 6.45) is 6.80. The maximum absolute atomic E-state index is 12.9. The van der Waals surface area contributed by atoms with Gasteiger partial charge in [0.05, 0.1) is 5.52 Å². The zero-order valence-corrected chi connectivity index (χ0v) is 15.2. The van der Waals surface area contributed by atoms with Crippen LogP contribution in [0.25, 0.3) is 10.9 Å². The highest BCUT2D eigenvalue weighted by molar-refractivity contribution is 5.94. The van der Waals surface area contributed by atoms with Crippen molar-refractivity contribution in [1.29, 1.82) is 0 Å². The number of carbonyl (C=O) groups excluding carboxylic acids is 1. The summed E-state index contributed by atoms with van der Waals surface area (Å²) in [5, 5.41) is 4.04. The molecule has 0 aliphatic heterocycles. The van der Waals surface area contributed by atoms with E-state index in [2.05, 4.69) is 23.2 Å². The van der Waals surface area contributed by atoms with Gasteiger partial charge in [0, 0.05) is 11.9 Å². The lowest BCUT2D eigenvalue weighted by Gasteiger charge is -2.09. The Bertz CT molecular complexity index is 1050. The van der Waals surface area contributed by atoms with Crippen LogP contribution in [0, 0.1) is 11.8 Å². The van der Waals surface area contributed by atoms with E-state index in [4.69, 9.17) is 0 Å². The summed E-state index contributed by atoms with van der Waals surface area (Å²) < 4.78 is 1.69. The van der Waals surface area contributed by atoms with Gasteiger partial charge in [0.1, 0.15) is 5.69 Å². The number of allylic oxidation sites excluding steroid dienone is 2. The molecule has 3 aromatic rings. The summed E-state index contributed by atoms with van der Waals surface area (Å²) in [5.41, 5.74) is 3.86. The van der Waals surface area contributed by atoms with E-state index >= 15 is 0 Å². The maximum Gasteiger partial charge on any atom is 0.327 e. The van der Waals surface area contributed by atoms with Crippen molar-refractivity contribution in [1.82, 2.24) is 9.88 Å². The molecule has 0 spiro atoms. The molecule has 1 amide bonds. The van der Waals surface area contributed by atoms with Crippen LogP contribution in [0.15, 0.2) is 72.3 Å². The van der Waals surface area contributed by atoms with E-state index in [1.807, 2.05) is 60.7 Å². The third-order valence-electron chi connectivity index (χ3n) is 4.84. The van der Waals surface area contributed by atoms with Gasteiger partial charge in [-0.1, -0.05) is 60.5 Å². The fourth-order valence-corrected chi connectivity index (χ4v) is 3.41. The Balaban J connectivity index is 1.64. The molecule has 1 aliphatic carbocycles. The zero-order chi connectivity index (χ0) is 18.5. The lowest BCUT2D eigenvalue weighted by Crippen LogP contribution is -2.28. The Hall–Kier alpha value is -3.25. The minimum atomic E-state index is -0.151. The molecule has 0 saturated heterocycles. The predicted molar refractivity (Wildman–Crippen MR) is 109 cm³/mol. The third-order valence-corrected chi connectivity index (χ3v) is 4.84. The van der Waals surface area contributed by atoms with Gasteiger partial charge in [0.15, 0.2) is 0 Å². The van der Waals surface area contributed by atoms with Gasteiger partial charge in [0.2, 0.25) is 0 Å². The highest BCUT2D eigenvalue weighted by Crippen LogP contribution is 2.20. The maximum atomic E-state index is 12.9. The second-order valence-corrected chi connectivity index (χ2v) is 6.79. The third kappa shape index (κ3) is 3.96. The number of rotatable bonds is 2. The number of para-hydroxylation sites is 1. The normalized spacial score (nSPS) is 13.6. The minimum Gasteiger partial charge on any atom is -0.333 e. The van der Waals surface area contributed by atoms with Crippen molar-refractivity contribution in [3.8, 4) is 11.8 Å². The van der Waals surface area contributed by atoms with E-state index in [-0.39, 0.29) is 6.03 Å². The molecular weight excluding hydrogens is 332 g/mol. The highest BCUT2D eigenvalue weighted by Gasteiger charge is 2.13. The fraction of sp³-hybridized carbons (Fsp3) is 0.208. The summed E-state index contributed by atoms with van der Waals surface area (Å²) in [6.45, 7) is 0.490. The molecule has 3 heteroatoms.